The van der Waals surface area contributed by atoms with E-state index in [0.29, 0.717) is 10.6 Å². The lowest BCUT2D eigenvalue weighted by atomic mass is 10.2. The second kappa shape index (κ2) is 6.62. The van der Waals surface area contributed by atoms with Gasteiger partial charge in [0.05, 0.1) is 15.0 Å². The molecule has 0 saturated carbocycles. The maximum absolute atomic E-state index is 11.8. The Morgan fingerprint density at radius 3 is 2.38 bits per heavy atom. The SMILES string of the molecule is O=C(OCc1c(Cl)cc(Cl)cc1Cl)c1ccc([N+](=O)[O-])s1. The molecule has 2 rings (SSSR count). The lowest BCUT2D eigenvalue weighted by Crippen LogP contribution is -2.04. The van der Waals surface area contributed by atoms with Crippen LogP contribution in [0.1, 0.15) is 15.2 Å². The molecule has 1 heterocycles. The summed E-state index contributed by atoms with van der Waals surface area (Å²) in [5.41, 5.74) is 0.419. The van der Waals surface area contributed by atoms with Crippen LogP contribution in [0.25, 0.3) is 0 Å². The summed E-state index contributed by atoms with van der Waals surface area (Å²) in [6.45, 7) is -0.153. The molecule has 110 valence electrons. The summed E-state index contributed by atoms with van der Waals surface area (Å²) in [5, 5.41) is 11.3. The molecule has 0 fully saturated rings. The highest BCUT2D eigenvalue weighted by molar-refractivity contribution is 7.17. The van der Waals surface area contributed by atoms with Gasteiger partial charge in [0, 0.05) is 16.7 Å². The second-order valence-electron chi connectivity index (χ2n) is 3.82. The average molecular weight is 367 g/mol. The van der Waals surface area contributed by atoms with Crippen LogP contribution in [0, 0.1) is 10.1 Å². The van der Waals surface area contributed by atoms with Crippen LogP contribution in [0.15, 0.2) is 24.3 Å². The molecule has 0 atom stereocenters. The number of nitrogens with zero attached hydrogens (tertiary/aromatic N) is 1. The van der Waals surface area contributed by atoms with E-state index in [-0.39, 0.29) is 26.5 Å². The highest BCUT2D eigenvalue weighted by Gasteiger charge is 2.17. The van der Waals surface area contributed by atoms with Crippen LogP contribution in [0.3, 0.4) is 0 Å². The summed E-state index contributed by atoms with van der Waals surface area (Å²) >= 11 is 18.4. The van der Waals surface area contributed by atoms with Crippen LogP contribution in [0.4, 0.5) is 5.00 Å². The van der Waals surface area contributed by atoms with E-state index >= 15 is 0 Å². The van der Waals surface area contributed by atoms with Crippen molar-refractivity contribution in [3.63, 3.8) is 0 Å². The van der Waals surface area contributed by atoms with Gasteiger partial charge in [-0.1, -0.05) is 46.1 Å². The number of hydrogen-bond donors (Lipinski definition) is 0. The molecule has 9 heteroatoms. The van der Waals surface area contributed by atoms with Crippen LogP contribution in [-0.4, -0.2) is 10.9 Å². The first-order chi connectivity index (χ1) is 9.88. The highest BCUT2D eigenvalue weighted by atomic mass is 35.5. The lowest BCUT2D eigenvalue weighted by Gasteiger charge is -2.08. The molecule has 2 aromatic rings. The summed E-state index contributed by atoms with van der Waals surface area (Å²) in [5.74, 6) is -0.685. The molecule has 0 saturated heterocycles. The van der Waals surface area contributed by atoms with E-state index in [4.69, 9.17) is 39.5 Å². The van der Waals surface area contributed by atoms with Gasteiger partial charge in [0.1, 0.15) is 11.5 Å². The Hall–Kier alpha value is -1.34. The fourth-order valence-electron chi connectivity index (χ4n) is 1.45. The molecular formula is C12H6Cl3NO4S. The smallest absolute Gasteiger partial charge is 0.348 e. The third kappa shape index (κ3) is 3.85. The van der Waals surface area contributed by atoms with Gasteiger partial charge < -0.3 is 4.74 Å². The summed E-state index contributed by atoms with van der Waals surface area (Å²) in [6, 6.07) is 5.53. The predicted molar refractivity (Wildman–Crippen MR) is 81.6 cm³/mol. The molecule has 0 spiro atoms. The molecule has 0 aliphatic heterocycles. The van der Waals surface area contributed by atoms with Crippen molar-refractivity contribution in [2.24, 2.45) is 0 Å². The standard InChI is InChI=1S/C12H6Cl3NO4S/c13-6-3-8(14)7(9(15)4-6)5-20-12(17)10-1-2-11(21-10)16(18)19/h1-4H,5H2. The molecule has 21 heavy (non-hydrogen) atoms. The number of carbonyl (C=O) groups is 1. The number of esters is 1. The Labute approximate surface area is 138 Å². The van der Waals surface area contributed by atoms with Gasteiger partial charge in [-0.15, -0.1) is 0 Å². The van der Waals surface area contributed by atoms with Crippen molar-refractivity contribution in [1.29, 1.82) is 0 Å². The first-order valence-electron chi connectivity index (χ1n) is 5.43. The molecule has 0 bridgehead atoms. The predicted octanol–water partition coefficient (Wildman–Crippen LogP) is 4.97. The topological polar surface area (TPSA) is 69.4 Å². The minimum atomic E-state index is -0.685. The van der Waals surface area contributed by atoms with Gasteiger partial charge in [-0.2, -0.15) is 0 Å². The van der Waals surface area contributed by atoms with Gasteiger partial charge in [-0.05, 0) is 18.2 Å². The molecule has 0 radical (unpaired) electrons. The lowest BCUT2D eigenvalue weighted by molar-refractivity contribution is -0.380. The fourth-order valence-corrected chi connectivity index (χ4v) is 3.09. The Balaban J connectivity index is 2.09. The minimum Gasteiger partial charge on any atom is -0.457 e. The van der Waals surface area contributed by atoms with Gasteiger partial charge in [-0.25, -0.2) is 4.79 Å². The van der Waals surface area contributed by atoms with Gasteiger partial charge in [0.2, 0.25) is 0 Å². The highest BCUT2D eigenvalue weighted by Crippen LogP contribution is 2.30. The number of rotatable bonds is 4. The minimum absolute atomic E-state index is 0.128. The van der Waals surface area contributed by atoms with Gasteiger partial charge in [-0.3, -0.25) is 10.1 Å². The maximum atomic E-state index is 11.8. The zero-order chi connectivity index (χ0) is 15.6. The van der Waals surface area contributed by atoms with Crippen molar-refractivity contribution < 1.29 is 14.5 Å². The number of benzene rings is 1. The molecule has 0 unspecified atom stereocenters. The Kier molecular flexibility index (Phi) is 5.05. The van der Waals surface area contributed by atoms with E-state index in [9.17, 15) is 14.9 Å². The fraction of sp³-hybridized carbons (Fsp3) is 0.0833. The monoisotopic (exact) mass is 365 g/mol. The molecule has 0 amide bonds. The molecule has 5 nitrogen and oxygen atoms in total. The Morgan fingerprint density at radius 2 is 1.86 bits per heavy atom. The number of ether oxygens (including phenoxy) is 1. The molecular weight excluding hydrogens is 361 g/mol. The van der Waals surface area contributed by atoms with Crippen LogP contribution >= 0.6 is 46.1 Å². The van der Waals surface area contributed by atoms with Crippen molar-refractivity contribution in [3.8, 4) is 0 Å². The van der Waals surface area contributed by atoms with Crippen LogP contribution < -0.4 is 0 Å². The maximum Gasteiger partial charge on any atom is 0.348 e. The Morgan fingerprint density at radius 1 is 1.24 bits per heavy atom. The number of thiophene rings is 1. The Bertz CT molecular complexity index is 693. The van der Waals surface area contributed by atoms with Crippen LogP contribution in [0.2, 0.25) is 15.1 Å². The quantitative estimate of drug-likeness (QED) is 0.435. The number of halogens is 3. The molecule has 0 aliphatic carbocycles. The van der Waals surface area contributed by atoms with Crippen molar-refractivity contribution in [3.05, 3.63) is 59.9 Å². The number of hydrogen-bond acceptors (Lipinski definition) is 5. The second-order valence-corrected chi connectivity index (χ2v) is 6.13. The van der Waals surface area contributed by atoms with E-state index in [0.717, 1.165) is 11.3 Å². The summed E-state index contributed by atoms with van der Waals surface area (Å²) in [6.07, 6.45) is 0. The third-order valence-electron chi connectivity index (χ3n) is 2.43. The van der Waals surface area contributed by atoms with E-state index in [1.54, 1.807) is 0 Å². The van der Waals surface area contributed by atoms with Gasteiger partial charge in [0.15, 0.2) is 0 Å². The first kappa shape index (κ1) is 16.0. The van der Waals surface area contributed by atoms with Crippen molar-refractivity contribution in [2.75, 3.05) is 0 Å². The van der Waals surface area contributed by atoms with Gasteiger partial charge in [0.25, 0.3) is 0 Å². The van der Waals surface area contributed by atoms with Crippen molar-refractivity contribution in [1.82, 2.24) is 0 Å². The molecule has 0 N–H and O–H groups in total. The van der Waals surface area contributed by atoms with Crippen molar-refractivity contribution >= 4 is 57.1 Å². The average Bonchev–Trinajstić information content (AvgIpc) is 2.86. The van der Waals surface area contributed by atoms with E-state index in [2.05, 4.69) is 0 Å². The molecule has 0 aliphatic rings. The third-order valence-corrected chi connectivity index (χ3v) is 4.34. The summed E-state index contributed by atoms with van der Waals surface area (Å²) in [4.78, 5) is 21.9. The van der Waals surface area contributed by atoms with E-state index in [1.165, 1.54) is 24.3 Å². The van der Waals surface area contributed by atoms with Crippen LogP contribution in [-0.2, 0) is 11.3 Å². The summed E-state index contributed by atoms with van der Waals surface area (Å²) < 4.78 is 5.05. The molecule has 1 aromatic carbocycles. The number of nitro groups is 1. The largest absolute Gasteiger partial charge is 0.457 e. The van der Waals surface area contributed by atoms with Crippen LogP contribution in [0.5, 0.6) is 0 Å². The summed E-state index contributed by atoms with van der Waals surface area (Å²) in [7, 11) is 0. The zero-order valence-corrected chi connectivity index (χ0v) is 13.2. The zero-order valence-electron chi connectivity index (χ0n) is 10.1. The first-order valence-corrected chi connectivity index (χ1v) is 7.38. The van der Waals surface area contributed by atoms with E-state index < -0.39 is 10.9 Å². The normalized spacial score (nSPS) is 10.4. The van der Waals surface area contributed by atoms with Crippen molar-refractivity contribution in [2.45, 2.75) is 6.61 Å². The molecule has 1 aromatic heterocycles. The van der Waals surface area contributed by atoms with Gasteiger partial charge >= 0.3 is 11.0 Å². The van der Waals surface area contributed by atoms with E-state index in [1.807, 2.05) is 0 Å². The number of carbonyl (C=O) groups excluding carboxylic acids is 1.